The van der Waals surface area contributed by atoms with Crippen molar-refractivity contribution in [2.24, 2.45) is 5.73 Å². The standard InChI is InChI=1S/C18H20FN/c1-12-11-16(19)9-10-17(12)18(20)15-7-5-14(6-8-15)13-3-2-4-13/h5-11,13,18H,2-4,20H2,1H3. The lowest BCUT2D eigenvalue weighted by atomic mass is 9.79. The highest BCUT2D eigenvalue weighted by Gasteiger charge is 2.19. The summed E-state index contributed by atoms with van der Waals surface area (Å²) in [5, 5.41) is 0. The second-order valence-electron chi connectivity index (χ2n) is 5.77. The summed E-state index contributed by atoms with van der Waals surface area (Å²) in [7, 11) is 0. The van der Waals surface area contributed by atoms with Crippen LogP contribution in [0.25, 0.3) is 0 Å². The summed E-state index contributed by atoms with van der Waals surface area (Å²) in [5.41, 5.74) is 10.7. The van der Waals surface area contributed by atoms with E-state index in [1.54, 1.807) is 6.07 Å². The van der Waals surface area contributed by atoms with Crippen molar-refractivity contribution in [2.45, 2.75) is 38.1 Å². The molecular formula is C18H20FN. The number of hydrogen-bond donors (Lipinski definition) is 1. The van der Waals surface area contributed by atoms with Crippen molar-refractivity contribution in [3.8, 4) is 0 Å². The average Bonchev–Trinajstić information content (AvgIpc) is 2.37. The summed E-state index contributed by atoms with van der Waals surface area (Å²) in [6, 6.07) is 13.2. The summed E-state index contributed by atoms with van der Waals surface area (Å²) in [6.07, 6.45) is 3.96. The highest BCUT2D eigenvalue weighted by Crippen LogP contribution is 2.36. The van der Waals surface area contributed by atoms with Crippen LogP contribution in [-0.2, 0) is 0 Å². The molecule has 0 aromatic heterocycles. The first-order chi connectivity index (χ1) is 9.65. The molecule has 1 aliphatic carbocycles. The summed E-state index contributed by atoms with van der Waals surface area (Å²) in [5.74, 6) is 0.534. The zero-order valence-corrected chi connectivity index (χ0v) is 11.8. The van der Waals surface area contributed by atoms with E-state index in [0.717, 1.165) is 22.6 Å². The first-order valence-electron chi connectivity index (χ1n) is 7.26. The van der Waals surface area contributed by atoms with Gasteiger partial charge in [0.2, 0.25) is 0 Å². The summed E-state index contributed by atoms with van der Waals surface area (Å²) < 4.78 is 13.2. The van der Waals surface area contributed by atoms with E-state index in [1.165, 1.54) is 37.0 Å². The lowest BCUT2D eigenvalue weighted by molar-refractivity contribution is 0.419. The van der Waals surface area contributed by atoms with Crippen LogP contribution in [0, 0.1) is 12.7 Å². The second-order valence-corrected chi connectivity index (χ2v) is 5.77. The van der Waals surface area contributed by atoms with Gasteiger partial charge in [-0.15, -0.1) is 0 Å². The van der Waals surface area contributed by atoms with Gasteiger partial charge in [-0.3, -0.25) is 0 Å². The molecule has 1 nitrogen and oxygen atoms in total. The van der Waals surface area contributed by atoms with Crippen LogP contribution in [-0.4, -0.2) is 0 Å². The molecule has 1 saturated carbocycles. The molecule has 0 bridgehead atoms. The van der Waals surface area contributed by atoms with Crippen LogP contribution < -0.4 is 5.73 Å². The lowest BCUT2D eigenvalue weighted by Crippen LogP contribution is -2.14. The third-order valence-corrected chi connectivity index (χ3v) is 4.44. The molecule has 104 valence electrons. The largest absolute Gasteiger partial charge is 0.320 e. The number of aryl methyl sites for hydroxylation is 1. The highest BCUT2D eigenvalue weighted by atomic mass is 19.1. The van der Waals surface area contributed by atoms with Crippen LogP contribution in [0.15, 0.2) is 42.5 Å². The average molecular weight is 269 g/mol. The zero-order chi connectivity index (χ0) is 14.1. The molecule has 2 aromatic carbocycles. The number of hydrogen-bond acceptors (Lipinski definition) is 1. The Morgan fingerprint density at radius 1 is 1.10 bits per heavy atom. The Morgan fingerprint density at radius 3 is 2.35 bits per heavy atom. The smallest absolute Gasteiger partial charge is 0.123 e. The van der Waals surface area contributed by atoms with Crippen molar-refractivity contribution in [1.29, 1.82) is 0 Å². The van der Waals surface area contributed by atoms with E-state index in [0.29, 0.717) is 0 Å². The van der Waals surface area contributed by atoms with Gasteiger partial charge in [0.05, 0.1) is 6.04 Å². The van der Waals surface area contributed by atoms with Crippen molar-refractivity contribution in [3.05, 3.63) is 70.5 Å². The van der Waals surface area contributed by atoms with Crippen LogP contribution >= 0.6 is 0 Å². The Morgan fingerprint density at radius 2 is 1.80 bits per heavy atom. The number of halogens is 1. The van der Waals surface area contributed by atoms with Gasteiger partial charge < -0.3 is 5.73 Å². The predicted octanol–water partition coefficient (Wildman–Crippen LogP) is 4.45. The Bertz CT molecular complexity index is 599. The Labute approximate surface area is 119 Å². The van der Waals surface area contributed by atoms with E-state index < -0.39 is 0 Å². The molecule has 1 unspecified atom stereocenters. The minimum atomic E-state index is -0.209. The van der Waals surface area contributed by atoms with Crippen LogP contribution in [0.2, 0.25) is 0 Å². The van der Waals surface area contributed by atoms with Gasteiger partial charge in [-0.05, 0) is 60.1 Å². The number of rotatable bonds is 3. The van der Waals surface area contributed by atoms with Crippen LogP contribution in [0.4, 0.5) is 4.39 Å². The third-order valence-electron chi connectivity index (χ3n) is 4.44. The second kappa shape index (κ2) is 5.37. The van der Waals surface area contributed by atoms with E-state index in [2.05, 4.69) is 24.3 Å². The van der Waals surface area contributed by atoms with E-state index in [-0.39, 0.29) is 11.9 Å². The van der Waals surface area contributed by atoms with Gasteiger partial charge >= 0.3 is 0 Å². The number of nitrogens with two attached hydrogens (primary N) is 1. The van der Waals surface area contributed by atoms with E-state index in [1.807, 2.05) is 6.92 Å². The van der Waals surface area contributed by atoms with Crippen LogP contribution in [0.5, 0.6) is 0 Å². The molecule has 0 saturated heterocycles. The molecule has 1 aliphatic rings. The Hall–Kier alpha value is -1.67. The fourth-order valence-electron chi connectivity index (χ4n) is 2.88. The Kier molecular flexibility index (Phi) is 3.58. The first-order valence-corrected chi connectivity index (χ1v) is 7.26. The molecule has 2 aromatic rings. The molecule has 0 amide bonds. The monoisotopic (exact) mass is 269 g/mol. The molecule has 3 rings (SSSR count). The molecule has 1 fully saturated rings. The quantitative estimate of drug-likeness (QED) is 0.875. The molecule has 0 spiro atoms. The normalized spacial score (nSPS) is 16.8. The molecule has 0 radical (unpaired) electrons. The van der Waals surface area contributed by atoms with Gasteiger partial charge in [0.25, 0.3) is 0 Å². The zero-order valence-electron chi connectivity index (χ0n) is 11.8. The maximum atomic E-state index is 13.2. The first kappa shape index (κ1) is 13.3. The maximum absolute atomic E-state index is 13.2. The third kappa shape index (κ3) is 2.48. The number of benzene rings is 2. The molecule has 0 aliphatic heterocycles. The van der Waals surface area contributed by atoms with Gasteiger partial charge in [0.1, 0.15) is 5.82 Å². The predicted molar refractivity (Wildman–Crippen MR) is 80.2 cm³/mol. The van der Waals surface area contributed by atoms with Crippen LogP contribution in [0.3, 0.4) is 0 Å². The van der Waals surface area contributed by atoms with Crippen LogP contribution in [0.1, 0.15) is 53.5 Å². The van der Waals surface area contributed by atoms with Gasteiger partial charge in [0, 0.05) is 0 Å². The fraction of sp³-hybridized carbons (Fsp3) is 0.333. The van der Waals surface area contributed by atoms with Gasteiger partial charge in [-0.2, -0.15) is 0 Å². The summed E-state index contributed by atoms with van der Waals surface area (Å²) in [4.78, 5) is 0. The minimum absolute atomic E-state index is 0.189. The molecule has 2 N–H and O–H groups in total. The molecule has 2 heteroatoms. The lowest BCUT2D eigenvalue weighted by Gasteiger charge is -2.26. The molecule has 1 atom stereocenters. The minimum Gasteiger partial charge on any atom is -0.320 e. The SMILES string of the molecule is Cc1cc(F)ccc1C(N)c1ccc(C2CCC2)cc1. The van der Waals surface area contributed by atoms with Crippen molar-refractivity contribution in [1.82, 2.24) is 0 Å². The van der Waals surface area contributed by atoms with E-state index in [4.69, 9.17) is 5.73 Å². The fourth-order valence-corrected chi connectivity index (χ4v) is 2.88. The molecular weight excluding hydrogens is 249 g/mol. The topological polar surface area (TPSA) is 26.0 Å². The van der Waals surface area contributed by atoms with E-state index in [9.17, 15) is 4.39 Å². The molecule has 0 heterocycles. The summed E-state index contributed by atoms with van der Waals surface area (Å²) in [6.45, 7) is 1.90. The maximum Gasteiger partial charge on any atom is 0.123 e. The van der Waals surface area contributed by atoms with Crippen molar-refractivity contribution in [2.75, 3.05) is 0 Å². The highest BCUT2D eigenvalue weighted by molar-refractivity contribution is 5.38. The van der Waals surface area contributed by atoms with Crippen molar-refractivity contribution in [3.63, 3.8) is 0 Å². The van der Waals surface area contributed by atoms with Gasteiger partial charge in [0.15, 0.2) is 0 Å². The Balaban J connectivity index is 1.84. The van der Waals surface area contributed by atoms with Crippen molar-refractivity contribution < 1.29 is 4.39 Å². The van der Waals surface area contributed by atoms with E-state index >= 15 is 0 Å². The van der Waals surface area contributed by atoms with Gasteiger partial charge in [-0.25, -0.2) is 4.39 Å². The van der Waals surface area contributed by atoms with Crippen molar-refractivity contribution >= 4 is 0 Å². The summed E-state index contributed by atoms with van der Waals surface area (Å²) >= 11 is 0. The van der Waals surface area contributed by atoms with Gasteiger partial charge in [-0.1, -0.05) is 36.8 Å². The molecule has 20 heavy (non-hydrogen) atoms.